The Morgan fingerprint density at radius 1 is 1.42 bits per heavy atom. The molecule has 0 aliphatic heterocycles. The number of nitrogens with zero attached hydrogens (tertiary/aromatic N) is 2. The number of nitro groups is 1. The maximum absolute atomic E-state index is 10.6. The van der Waals surface area contributed by atoms with Gasteiger partial charge in [0.1, 0.15) is 5.03 Å². The van der Waals surface area contributed by atoms with Gasteiger partial charge in [0, 0.05) is 28.6 Å². The first-order chi connectivity index (χ1) is 9.08. The highest BCUT2D eigenvalue weighted by atomic mass is 79.9. The van der Waals surface area contributed by atoms with Crippen LogP contribution in [0.15, 0.2) is 46.0 Å². The van der Waals surface area contributed by atoms with Gasteiger partial charge in [-0.2, -0.15) is 0 Å². The van der Waals surface area contributed by atoms with Crippen molar-refractivity contribution in [2.45, 2.75) is 10.8 Å². The predicted molar refractivity (Wildman–Crippen MR) is 79.0 cm³/mol. The molecule has 5 nitrogen and oxygen atoms in total. The van der Waals surface area contributed by atoms with E-state index in [1.807, 2.05) is 0 Å². The summed E-state index contributed by atoms with van der Waals surface area (Å²) in [6, 6.07) is 8.29. The summed E-state index contributed by atoms with van der Waals surface area (Å²) in [5, 5.41) is 11.4. The fourth-order valence-corrected chi connectivity index (χ4v) is 3.04. The van der Waals surface area contributed by atoms with Crippen LogP contribution in [0.4, 0.5) is 11.4 Å². The van der Waals surface area contributed by atoms with Gasteiger partial charge in [0.25, 0.3) is 5.69 Å². The van der Waals surface area contributed by atoms with Crippen LogP contribution in [0.2, 0.25) is 0 Å². The van der Waals surface area contributed by atoms with Crippen LogP contribution in [0.3, 0.4) is 0 Å². The lowest BCUT2D eigenvalue weighted by Gasteiger charge is -2.05. The standard InChI is InChI=1S/C12H10BrN3O2S/c13-10-6-9(16(17)18)4-3-8(10)7-19-12-11(14)2-1-5-15-12/h1-6H,7,14H2. The largest absolute Gasteiger partial charge is 0.397 e. The number of non-ortho nitro benzene ring substituents is 1. The highest BCUT2D eigenvalue weighted by molar-refractivity contribution is 9.10. The SMILES string of the molecule is Nc1cccnc1SCc1ccc([N+](=O)[O-])cc1Br. The minimum atomic E-state index is -0.418. The fourth-order valence-electron chi connectivity index (χ4n) is 1.44. The summed E-state index contributed by atoms with van der Waals surface area (Å²) in [5.74, 6) is 0.639. The van der Waals surface area contributed by atoms with Gasteiger partial charge in [0.15, 0.2) is 0 Å². The Labute approximate surface area is 122 Å². The Bertz CT molecular complexity index is 622. The molecule has 2 N–H and O–H groups in total. The second-order valence-electron chi connectivity index (χ2n) is 3.72. The Balaban J connectivity index is 2.12. The smallest absolute Gasteiger partial charge is 0.270 e. The molecule has 98 valence electrons. The van der Waals surface area contributed by atoms with Crippen LogP contribution in [0.25, 0.3) is 0 Å². The highest BCUT2D eigenvalue weighted by Gasteiger charge is 2.10. The van der Waals surface area contributed by atoms with Gasteiger partial charge in [-0.1, -0.05) is 33.8 Å². The molecule has 0 bridgehead atoms. The fraction of sp³-hybridized carbons (Fsp3) is 0.0833. The normalized spacial score (nSPS) is 10.4. The van der Waals surface area contributed by atoms with Crippen LogP contribution in [0.5, 0.6) is 0 Å². The number of pyridine rings is 1. The molecule has 0 saturated carbocycles. The van der Waals surface area contributed by atoms with E-state index in [2.05, 4.69) is 20.9 Å². The Morgan fingerprint density at radius 3 is 2.84 bits per heavy atom. The molecule has 0 unspecified atom stereocenters. The third-order valence-corrected chi connectivity index (χ3v) is 4.22. The van der Waals surface area contributed by atoms with Crippen LogP contribution in [0, 0.1) is 10.1 Å². The molecule has 0 aliphatic carbocycles. The number of aromatic nitrogens is 1. The zero-order chi connectivity index (χ0) is 13.8. The van der Waals surface area contributed by atoms with E-state index >= 15 is 0 Å². The number of thioether (sulfide) groups is 1. The molecule has 7 heteroatoms. The van der Waals surface area contributed by atoms with Gasteiger partial charge < -0.3 is 5.73 Å². The summed E-state index contributed by atoms with van der Waals surface area (Å²) < 4.78 is 0.712. The minimum Gasteiger partial charge on any atom is -0.397 e. The summed E-state index contributed by atoms with van der Waals surface area (Å²) in [6.07, 6.45) is 1.68. The zero-order valence-corrected chi connectivity index (χ0v) is 12.1. The van der Waals surface area contributed by atoms with Crippen molar-refractivity contribution in [2.75, 3.05) is 5.73 Å². The van der Waals surface area contributed by atoms with E-state index in [1.54, 1.807) is 24.4 Å². The van der Waals surface area contributed by atoms with Crippen molar-refractivity contribution >= 4 is 39.1 Å². The van der Waals surface area contributed by atoms with Gasteiger partial charge in [-0.25, -0.2) is 4.98 Å². The summed E-state index contributed by atoms with van der Waals surface area (Å²) in [4.78, 5) is 14.4. The zero-order valence-electron chi connectivity index (χ0n) is 9.75. The molecule has 2 aromatic rings. The van der Waals surface area contributed by atoms with E-state index in [4.69, 9.17) is 5.73 Å². The average Bonchev–Trinajstić information content (AvgIpc) is 2.39. The lowest BCUT2D eigenvalue weighted by molar-refractivity contribution is -0.384. The van der Waals surface area contributed by atoms with Crippen molar-refractivity contribution in [3.8, 4) is 0 Å². The molecule has 0 fully saturated rings. The molecule has 19 heavy (non-hydrogen) atoms. The monoisotopic (exact) mass is 339 g/mol. The average molecular weight is 340 g/mol. The van der Waals surface area contributed by atoms with Crippen molar-refractivity contribution in [1.82, 2.24) is 4.98 Å². The highest BCUT2D eigenvalue weighted by Crippen LogP contribution is 2.30. The lowest BCUT2D eigenvalue weighted by Crippen LogP contribution is -1.93. The molecule has 0 saturated heterocycles. The van der Waals surface area contributed by atoms with Gasteiger partial charge in [0.2, 0.25) is 0 Å². The molecule has 0 radical (unpaired) electrons. The summed E-state index contributed by atoms with van der Waals surface area (Å²) in [5.41, 5.74) is 7.46. The van der Waals surface area contributed by atoms with Gasteiger partial charge in [0.05, 0.1) is 10.6 Å². The number of anilines is 1. The van der Waals surface area contributed by atoms with Crippen LogP contribution >= 0.6 is 27.7 Å². The summed E-state index contributed by atoms with van der Waals surface area (Å²) >= 11 is 4.83. The number of benzene rings is 1. The molecule has 1 heterocycles. The van der Waals surface area contributed by atoms with Crippen LogP contribution in [-0.2, 0) is 5.75 Å². The van der Waals surface area contributed by atoms with E-state index < -0.39 is 4.92 Å². The number of nitrogen functional groups attached to an aromatic ring is 1. The summed E-state index contributed by atoms with van der Waals surface area (Å²) in [7, 11) is 0. The second-order valence-corrected chi connectivity index (χ2v) is 5.54. The van der Waals surface area contributed by atoms with E-state index in [1.165, 1.54) is 23.9 Å². The topological polar surface area (TPSA) is 82.0 Å². The van der Waals surface area contributed by atoms with E-state index in [0.29, 0.717) is 15.9 Å². The van der Waals surface area contributed by atoms with E-state index in [9.17, 15) is 10.1 Å². The maximum Gasteiger partial charge on any atom is 0.270 e. The number of halogens is 1. The van der Waals surface area contributed by atoms with E-state index in [0.717, 1.165) is 10.6 Å². The molecular formula is C12H10BrN3O2S. The quantitative estimate of drug-likeness (QED) is 0.522. The molecule has 2 rings (SSSR count). The van der Waals surface area contributed by atoms with Crippen molar-refractivity contribution < 1.29 is 4.92 Å². The molecule has 0 spiro atoms. The molecule has 0 aliphatic rings. The van der Waals surface area contributed by atoms with Gasteiger partial charge in [-0.05, 0) is 17.7 Å². The van der Waals surface area contributed by atoms with E-state index in [-0.39, 0.29) is 5.69 Å². The number of hydrogen-bond acceptors (Lipinski definition) is 5. The molecule has 0 atom stereocenters. The number of hydrogen-bond donors (Lipinski definition) is 1. The molecular weight excluding hydrogens is 330 g/mol. The number of rotatable bonds is 4. The first-order valence-corrected chi connectivity index (χ1v) is 7.12. The first-order valence-electron chi connectivity index (χ1n) is 5.34. The summed E-state index contributed by atoms with van der Waals surface area (Å²) in [6.45, 7) is 0. The van der Waals surface area contributed by atoms with Crippen LogP contribution in [0.1, 0.15) is 5.56 Å². The third kappa shape index (κ3) is 3.45. The second kappa shape index (κ2) is 6.03. The Morgan fingerprint density at radius 2 is 2.21 bits per heavy atom. The van der Waals surface area contributed by atoms with Crippen molar-refractivity contribution in [3.63, 3.8) is 0 Å². The van der Waals surface area contributed by atoms with Crippen LogP contribution in [-0.4, -0.2) is 9.91 Å². The lowest BCUT2D eigenvalue weighted by atomic mass is 10.2. The number of nitrogens with two attached hydrogens (primary N) is 1. The Hall–Kier alpha value is -1.60. The Kier molecular flexibility index (Phi) is 4.39. The minimum absolute atomic E-state index is 0.0676. The van der Waals surface area contributed by atoms with Crippen molar-refractivity contribution in [2.24, 2.45) is 0 Å². The van der Waals surface area contributed by atoms with Gasteiger partial charge >= 0.3 is 0 Å². The molecule has 1 aromatic carbocycles. The first kappa shape index (κ1) is 13.8. The molecule has 0 amide bonds. The van der Waals surface area contributed by atoms with Crippen LogP contribution < -0.4 is 5.73 Å². The third-order valence-electron chi connectivity index (χ3n) is 2.41. The van der Waals surface area contributed by atoms with Gasteiger partial charge in [-0.15, -0.1) is 0 Å². The molecule has 1 aromatic heterocycles. The van der Waals surface area contributed by atoms with Crippen molar-refractivity contribution in [1.29, 1.82) is 0 Å². The van der Waals surface area contributed by atoms with Crippen molar-refractivity contribution in [3.05, 3.63) is 56.7 Å². The van der Waals surface area contributed by atoms with Gasteiger partial charge in [-0.3, -0.25) is 10.1 Å². The number of nitro benzene ring substituents is 1. The maximum atomic E-state index is 10.6. The predicted octanol–water partition coefficient (Wildman–Crippen LogP) is 3.63.